The number of urea groups is 1. The first-order chi connectivity index (χ1) is 8.97. The number of hydrogen-bond acceptors (Lipinski definition) is 4. The molecule has 0 aromatic rings. The van der Waals surface area contributed by atoms with Crippen molar-refractivity contribution in [1.29, 1.82) is 0 Å². The maximum absolute atomic E-state index is 12.2. The summed E-state index contributed by atoms with van der Waals surface area (Å²) in [5, 5.41) is 2.24. The summed E-state index contributed by atoms with van der Waals surface area (Å²) in [5.41, 5.74) is 4.00. The maximum Gasteiger partial charge on any atom is 0.330 e. The molecule has 1 aliphatic heterocycles. The normalized spacial score (nSPS) is 21.3. The third-order valence-corrected chi connectivity index (χ3v) is 3.82. The molecule has 7 nitrogen and oxygen atoms in total. The Balaban J connectivity index is 1.95. The summed E-state index contributed by atoms with van der Waals surface area (Å²) in [7, 11) is 0. The lowest BCUT2D eigenvalue weighted by molar-refractivity contribution is -0.157. The van der Waals surface area contributed by atoms with Crippen LogP contribution in [-0.4, -0.2) is 35.2 Å². The Morgan fingerprint density at radius 3 is 2.47 bits per heavy atom. The molecule has 7 heteroatoms. The van der Waals surface area contributed by atoms with Gasteiger partial charge in [-0.15, -0.1) is 0 Å². The van der Waals surface area contributed by atoms with E-state index >= 15 is 0 Å². The molecule has 0 unspecified atom stereocenters. The number of primary amides is 1. The highest BCUT2D eigenvalue weighted by atomic mass is 16.2. The molecule has 1 saturated carbocycles. The monoisotopic (exact) mass is 267 g/mol. The minimum absolute atomic E-state index is 0.215. The second kappa shape index (κ2) is 4.99. The highest BCUT2D eigenvalue weighted by Gasteiger charge is 2.57. The van der Waals surface area contributed by atoms with Crippen molar-refractivity contribution in [3.8, 4) is 0 Å². The zero-order valence-corrected chi connectivity index (χ0v) is 10.6. The smallest absolute Gasteiger partial charge is 0.330 e. The lowest BCUT2D eigenvalue weighted by atomic mass is 9.66. The minimum atomic E-state index is -1.02. The van der Waals surface area contributed by atoms with Crippen LogP contribution in [0.15, 0.2) is 0 Å². The number of rotatable bonds is 5. The Bertz CT molecular complexity index is 442. The third kappa shape index (κ3) is 2.32. The SMILES string of the molecule is NC(=O)CCCCN1C(=O)NC(=O)C2(CCC2)C1=O. The Labute approximate surface area is 110 Å². The van der Waals surface area contributed by atoms with E-state index in [0.717, 1.165) is 11.3 Å². The van der Waals surface area contributed by atoms with Gasteiger partial charge in [-0.2, -0.15) is 0 Å². The molecular weight excluding hydrogens is 250 g/mol. The number of hydrogen-bond donors (Lipinski definition) is 2. The number of imide groups is 2. The van der Waals surface area contributed by atoms with Gasteiger partial charge in [0.05, 0.1) is 0 Å². The number of nitrogens with two attached hydrogens (primary N) is 1. The van der Waals surface area contributed by atoms with Crippen LogP contribution < -0.4 is 11.1 Å². The number of barbiturate groups is 1. The summed E-state index contributed by atoms with van der Waals surface area (Å²) in [6, 6.07) is -0.661. The second-order valence-electron chi connectivity index (χ2n) is 5.08. The minimum Gasteiger partial charge on any atom is -0.370 e. The van der Waals surface area contributed by atoms with Crippen molar-refractivity contribution in [2.75, 3.05) is 6.54 Å². The molecule has 19 heavy (non-hydrogen) atoms. The molecule has 1 spiro atoms. The molecular formula is C12H17N3O4. The van der Waals surface area contributed by atoms with Crippen LogP contribution in [0.5, 0.6) is 0 Å². The van der Waals surface area contributed by atoms with Gasteiger partial charge < -0.3 is 5.73 Å². The van der Waals surface area contributed by atoms with Crippen LogP contribution >= 0.6 is 0 Å². The van der Waals surface area contributed by atoms with Crippen LogP contribution in [0.2, 0.25) is 0 Å². The van der Waals surface area contributed by atoms with Crippen molar-refractivity contribution in [3.05, 3.63) is 0 Å². The highest BCUT2D eigenvalue weighted by molar-refractivity contribution is 6.19. The molecule has 104 valence electrons. The highest BCUT2D eigenvalue weighted by Crippen LogP contribution is 2.44. The molecule has 2 fully saturated rings. The van der Waals surface area contributed by atoms with E-state index in [2.05, 4.69) is 5.32 Å². The molecule has 0 aromatic carbocycles. The number of unbranched alkanes of at least 4 members (excludes halogenated alkanes) is 1. The zero-order valence-electron chi connectivity index (χ0n) is 10.6. The Kier molecular flexibility index (Phi) is 3.55. The molecule has 0 radical (unpaired) electrons. The van der Waals surface area contributed by atoms with Gasteiger partial charge in [0, 0.05) is 13.0 Å². The van der Waals surface area contributed by atoms with E-state index in [1.807, 2.05) is 0 Å². The van der Waals surface area contributed by atoms with Gasteiger partial charge in [-0.3, -0.25) is 24.6 Å². The van der Waals surface area contributed by atoms with Crippen LogP contribution in [0.1, 0.15) is 38.5 Å². The number of carbonyl (C=O) groups excluding carboxylic acids is 4. The summed E-state index contributed by atoms with van der Waals surface area (Å²) >= 11 is 0. The topological polar surface area (TPSA) is 110 Å². The van der Waals surface area contributed by atoms with Gasteiger partial charge in [-0.05, 0) is 25.7 Å². The molecule has 1 heterocycles. The van der Waals surface area contributed by atoms with Crippen LogP contribution in [0.25, 0.3) is 0 Å². The second-order valence-corrected chi connectivity index (χ2v) is 5.08. The number of nitrogens with one attached hydrogen (secondary N) is 1. The van der Waals surface area contributed by atoms with Gasteiger partial charge in [0.15, 0.2) is 0 Å². The van der Waals surface area contributed by atoms with Crippen molar-refractivity contribution >= 4 is 23.8 Å². The summed E-state index contributed by atoms with van der Waals surface area (Å²) in [5.74, 6) is -1.27. The summed E-state index contributed by atoms with van der Waals surface area (Å²) in [6.07, 6.45) is 3.09. The van der Waals surface area contributed by atoms with Crippen molar-refractivity contribution in [3.63, 3.8) is 0 Å². The van der Waals surface area contributed by atoms with Crippen molar-refractivity contribution < 1.29 is 19.2 Å². The lowest BCUT2D eigenvalue weighted by Crippen LogP contribution is -2.66. The average molecular weight is 267 g/mol. The fourth-order valence-electron chi connectivity index (χ4n) is 2.48. The summed E-state index contributed by atoms with van der Waals surface area (Å²) < 4.78 is 0. The number of amides is 5. The molecule has 0 atom stereocenters. The first-order valence-corrected chi connectivity index (χ1v) is 6.43. The first kappa shape index (κ1) is 13.5. The fraction of sp³-hybridized carbons (Fsp3) is 0.667. The van der Waals surface area contributed by atoms with Crippen LogP contribution in [-0.2, 0) is 14.4 Å². The van der Waals surface area contributed by atoms with E-state index in [4.69, 9.17) is 5.73 Å². The van der Waals surface area contributed by atoms with E-state index in [0.29, 0.717) is 25.7 Å². The Morgan fingerprint density at radius 2 is 1.95 bits per heavy atom. The van der Waals surface area contributed by atoms with E-state index in [-0.39, 0.29) is 13.0 Å². The van der Waals surface area contributed by atoms with Gasteiger partial charge >= 0.3 is 6.03 Å². The van der Waals surface area contributed by atoms with Gasteiger partial charge in [0.1, 0.15) is 5.41 Å². The quantitative estimate of drug-likeness (QED) is 0.535. The Morgan fingerprint density at radius 1 is 1.26 bits per heavy atom. The van der Waals surface area contributed by atoms with Gasteiger partial charge in [-0.1, -0.05) is 6.42 Å². The third-order valence-electron chi connectivity index (χ3n) is 3.82. The maximum atomic E-state index is 12.2. The fourth-order valence-corrected chi connectivity index (χ4v) is 2.48. The van der Waals surface area contributed by atoms with E-state index in [1.54, 1.807) is 0 Å². The average Bonchev–Trinajstić information content (AvgIpc) is 2.25. The lowest BCUT2D eigenvalue weighted by Gasteiger charge is -2.44. The zero-order chi connectivity index (χ0) is 14.0. The summed E-state index contributed by atoms with van der Waals surface area (Å²) in [4.78, 5) is 47.3. The van der Waals surface area contributed by atoms with Crippen LogP contribution in [0.4, 0.5) is 4.79 Å². The van der Waals surface area contributed by atoms with Crippen LogP contribution in [0.3, 0.4) is 0 Å². The molecule has 0 bridgehead atoms. The molecule has 3 N–H and O–H groups in total. The molecule has 5 amide bonds. The Hall–Kier alpha value is -1.92. The van der Waals surface area contributed by atoms with Gasteiger partial charge in [0.25, 0.3) is 0 Å². The standard InChI is InChI=1S/C12H17N3O4/c13-8(16)4-1-2-7-15-10(18)12(5-3-6-12)9(17)14-11(15)19/h1-7H2,(H2,13,16)(H,14,17,19). The van der Waals surface area contributed by atoms with E-state index in [1.165, 1.54) is 0 Å². The number of carbonyl (C=O) groups is 4. The molecule has 1 aliphatic carbocycles. The van der Waals surface area contributed by atoms with Crippen molar-refractivity contribution in [2.24, 2.45) is 11.1 Å². The summed E-state index contributed by atoms with van der Waals surface area (Å²) in [6.45, 7) is 0.215. The van der Waals surface area contributed by atoms with Crippen molar-refractivity contribution in [2.45, 2.75) is 38.5 Å². The predicted octanol–water partition coefficient (Wildman–Crippen LogP) is -0.109. The van der Waals surface area contributed by atoms with Gasteiger partial charge in [0.2, 0.25) is 17.7 Å². The van der Waals surface area contributed by atoms with Crippen LogP contribution in [0, 0.1) is 5.41 Å². The van der Waals surface area contributed by atoms with E-state index < -0.39 is 29.2 Å². The largest absolute Gasteiger partial charge is 0.370 e. The van der Waals surface area contributed by atoms with Crippen molar-refractivity contribution in [1.82, 2.24) is 10.2 Å². The number of nitrogens with zero attached hydrogens (tertiary/aromatic N) is 1. The molecule has 1 saturated heterocycles. The molecule has 2 rings (SSSR count). The van der Waals surface area contributed by atoms with Gasteiger partial charge in [-0.25, -0.2) is 4.79 Å². The first-order valence-electron chi connectivity index (χ1n) is 6.43. The molecule has 0 aromatic heterocycles. The predicted molar refractivity (Wildman–Crippen MR) is 64.6 cm³/mol. The molecule has 2 aliphatic rings. The van der Waals surface area contributed by atoms with E-state index in [9.17, 15) is 19.2 Å².